The molecule has 0 fully saturated rings. The Bertz CT molecular complexity index is 44.7. The van der Waals surface area contributed by atoms with Crippen LogP contribution >= 0.6 is 0 Å². The molecule has 66 valence electrons. The van der Waals surface area contributed by atoms with Crippen LogP contribution < -0.4 is 0 Å². The van der Waals surface area contributed by atoms with E-state index in [-0.39, 0.29) is 20.5 Å². The summed E-state index contributed by atoms with van der Waals surface area (Å²) in [6, 6.07) is 0. The Kier molecular flexibility index (Phi) is 153. The molecule has 0 aliphatic heterocycles. The third kappa shape index (κ3) is 248. The van der Waals surface area contributed by atoms with Gasteiger partial charge in [0.2, 0.25) is 0 Å². The van der Waals surface area contributed by atoms with Gasteiger partial charge in [-0.2, -0.15) is 6.90 Å². The third-order valence-corrected chi connectivity index (χ3v) is 0.134. The first-order chi connectivity index (χ1) is 5.83. The number of alkyl halides is 2. The zero-order chi connectivity index (χ0) is 10.8. The van der Waals surface area contributed by atoms with Gasteiger partial charge in [0, 0.05) is 1.37 Å². The fraction of sp³-hybridized carbons (Fsp3) is 0.833. The molecule has 0 bridgehead atoms. The van der Waals surface area contributed by atoms with Crippen LogP contribution in [0.4, 0.5) is 8.78 Å². The first-order valence-electron chi connectivity index (χ1n) is 3.76. The average molecular weight is 328 g/mol. The van der Waals surface area contributed by atoms with Crippen LogP contribution in [0.2, 0.25) is 0 Å². The molecular weight excluding hydrogens is 308 g/mol. The summed E-state index contributed by atoms with van der Waals surface area (Å²) in [6.07, 6.45) is 0.389. The van der Waals surface area contributed by atoms with E-state index in [4.69, 9.17) is 6.65 Å². The predicted molar refractivity (Wildman–Crippen MR) is 37.0 cm³/mol. The first kappa shape index (κ1) is 13.0. The Morgan fingerprint density at radius 1 is 1.60 bits per heavy atom. The van der Waals surface area contributed by atoms with Gasteiger partial charge in [-0.3, -0.25) is 8.78 Å². The quantitative estimate of drug-likeness (QED) is 0.716. The molecule has 0 unspecified atom stereocenters. The number of hydrogen-bond donors (Lipinski definition) is 1. The second-order valence-corrected chi connectivity index (χ2v) is 0.543. The van der Waals surface area contributed by atoms with Crippen LogP contribution in [0.15, 0.2) is 0 Å². The fourth-order valence-electron chi connectivity index (χ4n) is 0. The van der Waals surface area contributed by atoms with Gasteiger partial charge in [0.25, 0.3) is 0 Å². The molecule has 1 nitrogen and oxygen atoms in total. The Morgan fingerprint density at radius 3 is 1.90 bits per heavy atom. The third-order valence-electron chi connectivity index (χ3n) is 0.134. The molecule has 0 saturated carbocycles. The Morgan fingerprint density at radius 2 is 1.90 bits per heavy atom. The van der Waals surface area contributed by atoms with Crippen molar-refractivity contribution in [2.75, 3.05) is 13.9 Å². The van der Waals surface area contributed by atoms with Gasteiger partial charge in [-0.25, -0.2) is 0 Å². The van der Waals surface area contributed by atoms with E-state index in [1.165, 1.54) is 0 Å². The van der Waals surface area contributed by atoms with E-state index in [0.717, 1.165) is 19.6 Å². The maximum absolute atomic E-state index is 10.9. The normalized spacial score (nSPS) is 7.20. The van der Waals surface area contributed by atoms with Crippen molar-refractivity contribution >= 4 is 0 Å². The molecule has 4 heteroatoms. The number of hydrogen-bond acceptors (Lipinski definition) is 1. The summed E-state index contributed by atoms with van der Waals surface area (Å²) in [5.74, 6) is 0. The number of rotatable bonds is 1. The van der Waals surface area contributed by atoms with Gasteiger partial charge < -0.3 is 6.92 Å². The van der Waals surface area contributed by atoms with Gasteiger partial charge in [0.15, 0.2) is 0 Å². The van der Waals surface area contributed by atoms with Crippen LogP contribution in [0.3, 0.4) is 0 Å². The maximum atomic E-state index is 10.9. The summed E-state index contributed by atoms with van der Waals surface area (Å²) < 4.78 is 38.7. The van der Waals surface area contributed by atoms with Gasteiger partial charge in [0.1, 0.15) is 0 Å². The molecule has 0 aliphatic rings. The molecular formula is C6H16F2NW-. The van der Waals surface area contributed by atoms with Crippen LogP contribution in [-0.4, -0.2) is 13.9 Å². The van der Waals surface area contributed by atoms with Crippen molar-refractivity contribution in [1.29, 1.82) is 3.91 Å². The first-order valence-corrected chi connectivity index (χ1v) is 3.82. The molecule has 0 heterocycles. The van der Waals surface area contributed by atoms with Crippen LogP contribution in [0.1, 0.15) is 23.0 Å². The molecule has 0 spiro atoms. The average Bonchev–Trinajstić information content (AvgIpc) is 2.14. The molecule has 0 rings (SSSR count). The van der Waals surface area contributed by atoms with E-state index < -0.39 is 0 Å². The Balaban J connectivity index is -0.0000000397. The SMILES string of the molecule is CF.[3H]CCCF.[3H]C[CH2-].[NH]=[W]. The van der Waals surface area contributed by atoms with E-state index >= 15 is 0 Å². The standard InChI is InChI=1S/C3H7F.C2H5.CH3F.HN.W/c1-2-3-4;2*1-2;;/h2-3H2,1H3;1H2,2H3;1H3;1H;/q;-1;;;/i1T;2T;;;. The van der Waals surface area contributed by atoms with Crippen molar-refractivity contribution in [1.82, 2.24) is 0 Å². The monoisotopic (exact) mass is 328 g/mol. The van der Waals surface area contributed by atoms with Gasteiger partial charge in [0.05, 0.1) is 13.9 Å². The summed E-state index contributed by atoms with van der Waals surface area (Å²) >= 11 is 0.833. The summed E-state index contributed by atoms with van der Waals surface area (Å²) in [4.78, 5) is 0. The van der Waals surface area contributed by atoms with Crippen LogP contribution in [0, 0.1) is 10.8 Å². The van der Waals surface area contributed by atoms with E-state index in [2.05, 4.69) is 6.92 Å². The van der Waals surface area contributed by atoms with Gasteiger partial charge in [-0.15, -0.1) is 0 Å². The van der Waals surface area contributed by atoms with Gasteiger partial charge in [-0.1, -0.05) is 6.90 Å². The fourth-order valence-corrected chi connectivity index (χ4v) is 0. The van der Waals surface area contributed by atoms with Gasteiger partial charge in [-0.05, 0) is 7.79 Å². The molecule has 0 aromatic heterocycles. The topological polar surface area (TPSA) is 23.9 Å². The Hall–Kier alpha value is 0.348. The molecule has 1 N–H and O–H groups in total. The van der Waals surface area contributed by atoms with Crippen molar-refractivity contribution < 1.29 is 31.2 Å². The molecule has 10 heavy (non-hydrogen) atoms. The summed E-state index contributed by atoms with van der Waals surface area (Å²) in [5.41, 5.74) is 0. The summed E-state index contributed by atoms with van der Waals surface area (Å²) in [6.45, 7) is 3.28. The Labute approximate surface area is 76.6 Å². The van der Waals surface area contributed by atoms with Crippen LogP contribution in [-0.2, 0) is 19.6 Å². The van der Waals surface area contributed by atoms with Gasteiger partial charge >= 0.3 is 23.5 Å². The van der Waals surface area contributed by atoms with E-state index in [1.54, 1.807) is 0 Å². The molecule has 0 atom stereocenters. The molecule has 0 amide bonds. The van der Waals surface area contributed by atoms with Crippen LogP contribution in [0.5, 0.6) is 0 Å². The molecule has 0 saturated heterocycles. The van der Waals surface area contributed by atoms with Crippen molar-refractivity contribution in [2.45, 2.75) is 20.2 Å². The minimum atomic E-state index is -0.344. The summed E-state index contributed by atoms with van der Waals surface area (Å²) in [5, 5.41) is 0. The van der Waals surface area contributed by atoms with Crippen molar-refractivity contribution in [3.8, 4) is 0 Å². The molecule has 0 aromatic carbocycles. The van der Waals surface area contributed by atoms with Crippen molar-refractivity contribution in [3.05, 3.63) is 6.92 Å². The minimum absolute atomic E-state index is 0.219. The molecule has 0 radical (unpaired) electrons. The van der Waals surface area contributed by atoms with E-state index in [0.29, 0.717) is 13.6 Å². The van der Waals surface area contributed by atoms with Crippen molar-refractivity contribution in [2.24, 2.45) is 0 Å². The van der Waals surface area contributed by atoms with E-state index in [9.17, 15) is 8.78 Å². The van der Waals surface area contributed by atoms with E-state index in [1.807, 2.05) is 0 Å². The molecule has 0 aliphatic carbocycles. The number of nitrogens with one attached hydrogen (secondary N) is 1. The predicted octanol–water partition coefficient (Wildman–Crippen LogP) is 3.09. The molecule has 0 aromatic rings. The number of halogens is 2. The zero-order valence-electron chi connectivity index (χ0n) is 8.20. The van der Waals surface area contributed by atoms with Crippen LogP contribution in [0.25, 0.3) is 0 Å². The second-order valence-electron chi connectivity index (χ2n) is 0.543. The van der Waals surface area contributed by atoms with Crippen molar-refractivity contribution in [3.63, 3.8) is 0 Å². The summed E-state index contributed by atoms with van der Waals surface area (Å²) in [7, 11) is 0.500. The second kappa shape index (κ2) is 118. The zero-order valence-corrected chi connectivity index (χ0v) is 9.13.